The fourth-order valence-electron chi connectivity index (χ4n) is 5.30. The molecule has 1 aliphatic heterocycles. The van der Waals surface area contributed by atoms with Gasteiger partial charge in [0.25, 0.3) is 0 Å². The number of nitrogens with one attached hydrogen (secondary N) is 1. The van der Waals surface area contributed by atoms with Crippen molar-refractivity contribution in [1.29, 1.82) is 0 Å². The molecule has 0 atom stereocenters. The van der Waals surface area contributed by atoms with Crippen LogP contribution >= 0.6 is 0 Å². The number of likely N-dealkylation sites (tertiary alicyclic amines) is 1. The lowest BCUT2D eigenvalue weighted by atomic mass is 9.85. The summed E-state index contributed by atoms with van der Waals surface area (Å²) < 4.78 is 0. The molecule has 0 unspecified atom stereocenters. The van der Waals surface area contributed by atoms with Crippen LogP contribution in [0.5, 0.6) is 0 Å². The summed E-state index contributed by atoms with van der Waals surface area (Å²) in [7, 11) is 0. The number of Topliss-reactive ketones (excluding diaryl/α,β-unsaturated/α-hetero) is 1. The maximum Gasteiger partial charge on any atom is 0.192 e. The molecule has 4 nitrogen and oxygen atoms in total. The van der Waals surface area contributed by atoms with Crippen molar-refractivity contribution >= 4 is 22.4 Å². The van der Waals surface area contributed by atoms with E-state index in [1.165, 1.54) is 18.4 Å². The van der Waals surface area contributed by atoms with Crippen LogP contribution in [0, 0.1) is 5.92 Å². The van der Waals surface area contributed by atoms with Gasteiger partial charge in [-0.3, -0.25) is 14.7 Å². The monoisotopic (exact) mass is 439 g/mol. The molecule has 1 saturated heterocycles. The Balaban J connectivity index is 1.27. The zero-order chi connectivity index (χ0) is 22.6. The standard InChI is InChI=1S/C29H33N3O/c1-2-30-28-24-10-6-7-11-25(24)31-26-15-14-23(29(33)27(26)28)13-12-21-16-18-32(19-17-21)20-22-8-4-3-5-9-22/h3-11,13,21H,2,12,14-20H2,1H3,(H,30,31). The average molecular weight is 440 g/mol. The third-order valence-electron chi connectivity index (χ3n) is 7.12. The summed E-state index contributed by atoms with van der Waals surface area (Å²) in [5.41, 5.74) is 6.04. The second kappa shape index (κ2) is 9.88. The molecule has 4 heteroatoms. The number of anilines is 1. The predicted octanol–water partition coefficient (Wildman–Crippen LogP) is 6.02. The van der Waals surface area contributed by atoms with Crippen molar-refractivity contribution in [1.82, 2.24) is 9.88 Å². The number of carbonyl (C=O) groups excluding carboxylic acids is 1. The van der Waals surface area contributed by atoms with E-state index in [1.807, 2.05) is 18.2 Å². The molecule has 0 bridgehead atoms. The van der Waals surface area contributed by atoms with Gasteiger partial charge < -0.3 is 5.32 Å². The molecule has 2 aromatic carbocycles. The van der Waals surface area contributed by atoms with E-state index in [9.17, 15) is 4.79 Å². The SMILES string of the molecule is CCNc1c2c(nc3ccccc13)CCC(=CCC1CCN(Cc3ccccc3)CC1)C2=O. The first kappa shape index (κ1) is 21.8. The van der Waals surface area contributed by atoms with E-state index in [0.29, 0.717) is 5.92 Å². The Morgan fingerprint density at radius 2 is 1.79 bits per heavy atom. The van der Waals surface area contributed by atoms with Gasteiger partial charge in [-0.2, -0.15) is 0 Å². The van der Waals surface area contributed by atoms with Crippen LogP contribution in [0.1, 0.15) is 54.2 Å². The van der Waals surface area contributed by atoms with Crippen LogP contribution in [-0.4, -0.2) is 35.3 Å². The van der Waals surface area contributed by atoms with Gasteiger partial charge in [-0.05, 0) is 75.2 Å². The van der Waals surface area contributed by atoms with Crippen LogP contribution in [-0.2, 0) is 13.0 Å². The number of nitrogens with zero attached hydrogens (tertiary/aromatic N) is 2. The quantitative estimate of drug-likeness (QED) is 0.477. The van der Waals surface area contributed by atoms with Crippen molar-refractivity contribution in [3.63, 3.8) is 0 Å². The Bertz CT molecular complexity index is 1160. The van der Waals surface area contributed by atoms with Crippen LogP contribution in [0.2, 0.25) is 0 Å². The molecule has 1 aliphatic carbocycles. The molecule has 3 aromatic rings. The second-order valence-electron chi connectivity index (χ2n) is 9.36. The molecule has 2 aliphatic rings. The second-order valence-corrected chi connectivity index (χ2v) is 9.36. The van der Waals surface area contributed by atoms with E-state index in [4.69, 9.17) is 4.98 Å². The number of carbonyl (C=O) groups is 1. The van der Waals surface area contributed by atoms with Crippen molar-refractivity contribution in [2.45, 2.75) is 45.6 Å². The number of para-hydroxylation sites is 1. The highest BCUT2D eigenvalue weighted by atomic mass is 16.1. The molecule has 2 heterocycles. The number of fused-ring (bicyclic) bond motifs is 2. The van der Waals surface area contributed by atoms with Crippen molar-refractivity contribution in [2.75, 3.05) is 25.0 Å². The summed E-state index contributed by atoms with van der Waals surface area (Å²) in [6.45, 7) is 6.18. The van der Waals surface area contributed by atoms with Crippen LogP contribution in [0.4, 0.5) is 5.69 Å². The highest BCUT2D eigenvalue weighted by Crippen LogP contribution is 2.35. The normalized spacial score (nSPS) is 18.6. The number of ketones is 1. The summed E-state index contributed by atoms with van der Waals surface area (Å²) >= 11 is 0. The maximum atomic E-state index is 13.5. The first-order valence-corrected chi connectivity index (χ1v) is 12.4. The van der Waals surface area contributed by atoms with Gasteiger partial charge in [0.05, 0.1) is 22.5 Å². The number of allylic oxidation sites excluding steroid dienone is 2. The number of benzene rings is 2. The maximum absolute atomic E-state index is 13.5. The van der Waals surface area contributed by atoms with Gasteiger partial charge in [-0.15, -0.1) is 0 Å². The van der Waals surface area contributed by atoms with Crippen LogP contribution in [0.15, 0.2) is 66.2 Å². The first-order valence-electron chi connectivity index (χ1n) is 12.4. The van der Waals surface area contributed by atoms with Crippen molar-refractivity contribution in [2.24, 2.45) is 5.92 Å². The topological polar surface area (TPSA) is 45.2 Å². The smallest absolute Gasteiger partial charge is 0.192 e. The highest BCUT2D eigenvalue weighted by molar-refractivity contribution is 6.17. The van der Waals surface area contributed by atoms with E-state index >= 15 is 0 Å². The van der Waals surface area contributed by atoms with Gasteiger partial charge in [0.2, 0.25) is 0 Å². The van der Waals surface area contributed by atoms with Crippen LogP contribution < -0.4 is 5.32 Å². The molecule has 0 spiro atoms. The third kappa shape index (κ3) is 4.72. The van der Waals surface area contributed by atoms with Gasteiger partial charge in [-0.1, -0.05) is 54.6 Å². The molecule has 33 heavy (non-hydrogen) atoms. The fraction of sp³-hybridized carbons (Fsp3) is 0.379. The van der Waals surface area contributed by atoms with Crippen molar-refractivity contribution in [3.8, 4) is 0 Å². The summed E-state index contributed by atoms with van der Waals surface area (Å²) in [5.74, 6) is 0.841. The number of hydrogen-bond acceptors (Lipinski definition) is 4. The van der Waals surface area contributed by atoms with Crippen LogP contribution in [0.25, 0.3) is 10.9 Å². The Labute approximate surface area is 196 Å². The molecular weight excluding hydrogens is 406 g/mol. The molecule has 170 valence electrons. The minimum Gasteiger partial charge on any atom is -0.384 e. The van der Waals surface area contributed by atoms with Crippen LogP contribution in [0.3, 0.4) is 0 Å². The van der Waals surface area contributed by atoms with E-state index in [0.717, 1.165) is 78.9 Å². The average Bonchev–Trinajstić information content (AvgIpc) is 2.85. The Kier molecular flexibility index (Phi) is 6.54. The molecule has 1 fully saturated rings. The van der Waals surface area contributed by atoms with Gasteiger partial charge in [0, 0.05) is 18.5 Å². The van der Waals surface area contributed by atoms with E-state index in [2.05, 4.69) is 59.6 Å². The largest absolute Gasteiger partial charge is 0.384 e. The Morgan fingerprint density at radius 3 is 2.58 bits per heavy atom. The lowest BCUT2D eigenvalue weighted by Crippen LogP contribution is -2.33. The number of aryl methyl sites for hydroxylation is 1. The number of rotatable bonds is 6. The fourth-order valence-corrected chi connectivity index (χ4v) is 5.30. The minimum absolute atomic E-state index is 0.173. The molecule has 0 amide bonds. The lowest BCUT2D eigenvalue weighted by Gasteiger charge is -2.31. The van der Waals surface area contributed by atoms with Gasteiger partial charge in [0.15, 0.2) is 5.78 Å². The Hall–Kier alpha value is -2.98. The molecule has 5 rings (SSSR count). The van der Waals surface area contributed by atoms with Gasteiger partial charge >= 0.3 is 0 Å². The van der Waals surface area contributed by atoms with Crippen molar-refractivity contribution < 1.29 is 4.79 Å². The number of aromatic nitrogens is 1. The van der Waals surface area contributed by atoms with E-state index in [1.54, 1.807) is 0 Å². The zero-order valence-corrected chi connectivity index (χ0v) is 19.5. The van der Waals surface area contributed by atoms with Crippen molar-refractivity contribution in [3.05, 3.63) is 83.1 Å². The van der Waals surface area contributed by atoms with E-state index in [-0.39, 0.29) is 5.78 Å². The van der Waals surface area contributed by atoms with Gasteiger partial charge in [-0.25, -0.2) is 0 Å². The third-order valence-corrected chi connectivity index (χ3v) is 7.12. The number of hydrogen-bond donors (Lipinski definition) is 1. The number of pyridine rings is 1. The van der Waals surface area contributed by atoms with Gasteiger partial charge in [0.1, 0.15) is 0 Å². The first-order chi connectivity index (χ1) is 16.2. The van der Waals surface area contributed by atoms with E-state index < -0.39 is 0 Å². The molecule has 1 aromatic heterocycles. The molecule has 1 N–H and O–H groups in total. The summed E-state index contributed by atoms with van der Waals surface area (Å²) in [4.78, 5) is 20.9. The minimum atomic E-state index is 0.173. The highest BCUT2D eigenvalue weighted by Gasteiger charge is 2.28. The summed E-state index contributed by atoms with van der Waals surface area (Å²) in [6.07, 6.45) is 7.30. The molecule has 0 saturated carbocycles. The lowest BCUT2D eigenvalue weighted by molar-refractivity contribution is 0.102. The summed E-state index contributed by atoms with van der Waals surface area (Å²) in [5, 5.41) is 4.51. The predicted molar refractivity (Wildman–Crippen MR) is 136 cm³/mol. The zero-order valence-electron chi connectivity index (χ0n) is 19.5. The summed E-state index contributed by atoms with van der Waals surface area (Å²) in [6, 6.07) is 18.9. The molecule has 0 radical (unpaired) electrons. The Morgan fingerprint density at radius 1 is 1.03 bits per heavy atom. The molecular formula is C29H33N3O. The number of piperidine rings is 1.